The Bertz CT molecular complexity index is 872. The number of piperazine rings is 1. The number of nitro groups is 1. The van der Waals surface area contributed by atoms with Crippen molar-refractivity contribution in [1.29, 1.82) is 0 Å². The van der Waals surface area contributed by atoms with E-state index in [2.05, 4.69) is 20.9 Å². The second-order valence-corrected chi connectivity index (χ2v) is 7.06. The Morgan fingerprint density at radius 2 is 1.92 bits per heavy atom. The Kier molecular flexibility index (Phi) is 4.29. The Labute approximate surface area is 148 Å². The molecule has 3 heterocycles. The molecular formula is C17H17N5O2S. The molecule has 4 rings (SSSR count). The molecule has 0 aliphatic carbocycles. The lowest BCUT2D eigenvalue weighted by molar-refractivity contribution is -0.384. The van der Waals surface area contributed by atoms with Crippen LogP contribution >= 0.6 is 11.3 Å². The minimum Gasteiger partial charge on any atom is -0.348 e. The van der Waals surface area contributed by atoms with Gasteiger partial charge in [-0.1, -0.05) is 12.1 Å². The van der Waals surface area contributed by atoms with E-state index in [9.17, 15) is 10.1 Å². The first-order valence-corrected chi connectivity index (χ1v) is 8.93. The Hall–Kier alpha value is -2.58. The molecule has 128 valence electrons. The van der Waals surface area contributed by atoms with E-state index in [0.29, 0.717) is 5.82 Å². The zero-order valence-corrected chi connectivity index (χ0v) is 14.4. The smallest absolute Gasteiger partial charge is 0.311 e. The van der Waals surface area contributed by atoms with Crippen molar-refractivity contribution in [3.05, 3.63) is 57.7 Å². The van der Waals surface area contributed by atoms with E-state index < -0.39 is 0 Å². The van der Waals surface area contributed by atoms with Crippen LogP contribution in [0.5, 0.6) is 0 Å². The average Bonchev–Trinajstić information content (AvgIpc) is 3.04. The van der Waals surface area contributed by atoms with Crippen LogP contribution in [0.4, 0.5) is 11.5 Å². The second-order valence-electron chi connectivity index (χ2n) is 5.94. The van der Waals surface area contributed by atoms with Crippen LogP contribution in [0.2, 0.25) is 0 Å². The van der Waals surface area contributed by atoms with E-state index in [-0.39, 0.29) is 10.6 Å². The fraction of sp³-hybridized carbons (Fsp3) is 0.294. The van der Waals surface area contributed by atoms with Crippen molar-refractivity contribution in [2.75, 3.05) is 31.1 Å². The lowest BCUT2D eigenvalue weighted by Gasteiger charge is -2.34. The maximum Gasteiger partial charge on any atom is 0.311 e. The third-order valence-corrected chi connectivity index (χ3v) is 5.35. The first-order chi connectivity index (χ1) is 12.2. The predicted molar refractivity (Wildman–Crippen MR) is 98.0 cm³/mol. The number of hydrogen-bond acceptors (Lipinski definition) is 7. The Balaban J connectivity index is 1.42. The standard InChI is InChI=1S/C17H17N5O2S/c23-22(24)14-5-3-7-18-17(14)21-10-8-20(9-11-21)12-16-19-13-4-1-2-6-15(13)25-16/h1-7H,8-12H2. The summed E-state index contributed by atoms with van der Waals surface area (Å²) in [6, 6.07) is 11.3. The van der Waals surface area contributed by atoms with Crippen molar-refractivity contribution in [2.45, 2.75) is 6.54 Å². The van der Waals surface area contributed by atoms with Crippen LogP contribution < -0.4 is 4.90 Å². The maximum atomic E-state index is 11.2. The quantitative estimate of drug-likeness (QED) is 0.529. The molecule has 0 unspecified atom stereocenters. The van der Waals surface area contributed by atoms with Crippen LogP contribution in [-0.4, -0.2) is 46.0 Å². The number of aromatic nitrogens is 2. The number of benzene rings is 1. The van der Waals surface area contributed by atoms with Crippen molar-refractivity contribution in [3.8, 4) is 0 Å². The molecule has 0 N–H and O–H groups in total. The number of pyridine rings is 1. The van der Waals surface area contributed by atoms with E-state index in [0.717, 1.165) is 43.2 Å². The number of fused-ring (bicyclic) bond motifs is 1. The van der Waals surface area contributed by atoms with Gasteiger partial charge < -0.3 is 4.90 Å². The van der Waals surface area contributed by atoms with Crippen LogP contribution in [0.25, 0.3) is 10.2 Å². The fourth-order valence-corrected chi connectivity index (χ4v) is 4.08. The normalized spacial score (nSPS) is 15.6. The van der Waals surface area contributed by atoms with Gasteiger partial charge in [0, 0.05) is 38.4 Å². The first-order valence-electron chi connectivity index (χ1n) is 8.12. The fourth-order valence-electron chi connectivity index (χ4n) is 3.07. The lowest BCUT2D eigenvalue weighted by Crippen LogP contribution is -2.46. The van der Waals surface area contributed by atoms with Crippen LogP contribution in [0.3, 0.4) is 0 Å². The van der Waals surface area contributed by atoms with Crippen LogP contribution in [-0.2, 0) is 6.54 Å². The topological polar surface area (TPSA) is 75.4 Å². The van der Waals surface area contributed by atoms with Gasteiger partial charge in [0.25, 0.3) is 0 Å². The number of nitrogens with zero attached hydrogens (tertiary/aromatic N) is 5. The highest BCUT2D eigenvalue weighted by Crippen LogP contribution is 2.27. The summed E-state index contributed by atoms with van der Waals surface area (Å²) in [5.41, 5.74) is 1.12. The van der Waals surface area contributed by atoms with Gasteiger partial charge in [0.15, 0.2) is 0 Å². The zero-order chi connectivity index (χ0) is 17.2. The van der Waals surface area contributed by atoms with Gasteiger partial charge in [-0.15, -0.1) is 11.3 Å². The summed E-state index contributed by atoms with van der Waals surface area (Å²) in [4.78, 5) is 24.0. The molecule has 1 fully saturated rings. The van der Waals surface area contributed by atoms with Gasteiger partial charge in [-0.25, -0.2) is 9.97 Å². The molecular weight excluding hydrogens is 338 g/mol. The number of anilines is 1. The van der Waals surface area contributed by atoms with Gasteiger partial charge in [-0.3, -0.25) is 15.0 Å². The van der Waals surface area contributed by atoms with Crippen molar-refractivity contribution < 1.29 is 4.92 Å². The second kappa shape index (κ2) is 6.73. The highest BCUT2D eigenvalue weighted by atomic mass is 32.1. The molecule has 1 saturated heterocycles. The molecule has 8 heteroatoms. The molecule has 3 aromatic rings. The summed E-state index contributed by atoms with van der Waals surface area (Å²) in [7, 11) is 0. The third kappa shape index (κ3) is 3.31. The van der Waals surface area contributed by atoms with Gasteiger partial charge in [0.05, 0.1) is 21.7 Å². The van der Waals surface area contributed by atoms with Crippen molar-refractivity contribution >= 4 is 33.1 Å². The van der Waals surface area contributed by atoms with E-state index in [1.54, 1.807) is 23.6 Å². The molecule has 1 aromatic carbocycles. The van der Waals surface area contributed by atoms with Crippen LogP contribution in [0.1, 0.15) is 5.01 Å². The minimum absolute atomic E-state index is 0.0714. The van der Waals surface area contributed by atoms with Gasteiger partial charge in [-0.2, -0.15) is 0 Å². The molecule has 1 aliphatic heterocycles. The molecule has 1 aliphatic rings. The molecule has 7 nitrogen and oxygen atoms in total. The maximum absolute atomic E-state index is 11.2. The molecule has 0 saturated carbocycles. The summed E-state index contributed by atoms with van der Waals surface area (Å²) in [6.45, 7) is 3.94. The van der Waals surface area contributed by atoms with Gasteiger partial charge >= 0.3 is 5.69 Å². The predicted octanol–water partition coefficient (Wildman–Crippen LogP) is 2.92. The largest absolute Gasteiger partial charge is 0.348 e. The van der Waals surface area contributed by atoms with E-state index >= 15 is 0 Å². The lowest BCUT2D eigenvalue weighted by atomic mass is 10.3. The van der Waals surface area contributed by atoms with Crippen LogP contribution in [0.15, 0.2) is 42.6 Å². The van der Waals surface area contributed by atoms with Gasteiger partial charge in [0.2, 0.25) is 5.82 Å². The van der Waals surface area contributed by atoms with Crippen molar-refractivity contribution in [3.63, 3.8) is 0 Å². The molecule has 0 radical (unpaired) electrons. The molecule has 0 atom stereocenters. The van der Waals surface area contributed by atoms with Crippen molar-refractivity contribution in [2.24, 2.45) is 0 Å². The summed E-state index contributed by atoms with van der Waals surface area (Å²) < 4.78 is 1.21. The van der Waals surface area contributed by atoms with Gasteiger partial charge in [0.1, 0.15) is 5.01 Å². The molecule has 0 bridgehead atoms. The minimum atomic E-state index is -0.365. The zero-order valence-electron chi connectivity index (χ0n) is 13.5. The molecule has 2 aromatic heterocycles. The Morgan fingerprint density at radius 3 is 2.68 bits per heavy atom. The molecule has 0 spiro atoms. The number of hydrogen-bond donors (Lipinski definition) is 0. The number of rotatable bonds is 4. The van der Waals surface area contributed by atoms with E-state index in [4.69, 9.17) is 0 Å². The summed E-state index contributed by atoms with van der Waals surface area (Å²) in [5, 5.41) is 12.3. The average molecular weight is 355 g/mol. The highest BCUT2D eigenvalue weighted by Gasteiger charge is 2.25. The van der Waals surface area contributed by atoms with Crippen molar-refractivity contribution in [1.82, 2.24) is 14.9 Å². The third-order valence-electron chi connectivity index (χ3n) is 4.33. The number of para-hydroxylation sites is 1. The first kappa shape index (κ1) is 15.9. The molecule has 0 amide bonds. The van der Waals surface area contributed by atoms with Gasteiger partial charge in [-0.05, 0) is 18.2 Å². The summed E-state index contributed by atoms with van der Waals surface area (Å²) in [5.74, 6) is 0.465. The Morgan fingerprint density at radius 1 is 1.12 bits per heavy atom. The summed E-state index contributed by atoms with van der Waals surface area (Å²) >= 11 is 1.73. The number of thiazole rings is 1. The monoisotopic (exact) mass is 355 g/mol. The van der Waals surface area contributed by atoms with E-state index in [1.807, 2.05) is 23.1 Å². The summed E-state index contributed by atoms with van der Waals surface area (Å²) in [6.07, 6.45) is 1.61. The SMILES string of the molecule is O=[N+]([O-])c1cccnc1N1CCN(Cc2nc3ccccc3s2)CC1. The van der Waals surface area contributed by atoms with E-state index in [1.165, 1.54) is 10.8 Å². The molecule has 25 heavy (non-hydrogen) atoms. The highest BCUT2D eigenvalue weighted by molar-refractivity contribution is 7.18. The van der Waals surface area contributed by atoms with Crippen LogP contribution in [0, 0.1) is 10.1 Å².